The van der Waals surface area contributed by atoms with Crippen LogP contribution in [0.2, 0.25) is 0 Å². The fraction of sp³-hybridized carbons (Fsp3) is 0.154. The van der Waals surface area contributed by atoms with E-state index in [0.717, 1.165) is 16.7 Å². The van der Waals surface area contributed by atoms with Crippen molar-refractivity contribution in [3.8, 4) is 5.75 Å². The molecule has 164 valence electrons. The van der Waals surface area contributed by atoms with Crippen molar-refractivity contribution < 1.29 is 18.7 Å². The summed E-state index contributed by atoms with van der Waals surface area (Å²) >= 11 is 0. The number of nitrogens with one attached hydrogen (secondary N) is 2. The van der Waals surface area contributed by atoms with Gasteiger partial charge in [0.2, 0.25) is 5.91 Å². The van der Waals surface area contributed by atoms with Crippen molar-refractivity contribution in [1.29, 1.82) is 0 Å². The second-order valence-electron chi connectivity index (χ2n) is 7.08. The van der Waals surface area contributed by atoms with Gasteiger partial charge in [-0.1, -0.05) is 60.7 Å². The van der Waals surface area contributed by atoms with Crippen molar-refractivity contribution in [2.45, 2.75) is 6.42 Å². The van der Waals surface area contributed by atoms with Gasteiger partial charge in [0.25, 0.3) is 5.91 Å². The quantitative estimate of drug-likeness (QED) is 0.307. The third-order valence-electron chi connectivity index (χ3n) is 4.78. The van der Waals surface area contributed by atoms with Crippen molar-refractivity contribution in [3.63, 3.8) is 0 Å². The molecule has 0 aromatic heterocycles. The van der Waals surface area contributed by atoms with Crippen molar-refractivity contribution >= 4 is 23.5 Å². The van der Waals surface area contributed by atoms with Crippen LogP contribution in [0.3, 0.4) is 0 Å². The molecule has 0 aliphatic carbocycles. The number of rotatable bonds is 9. The van der Waals surface area contributed by atoms with Gasteiger partial charge in [0.15, 0.2) is 0 Å². The zero-order chi connectivity index (χ0) is 22.8. The Morgan fingerprint density at radius 1 is 0.875 bits per heavy atom. The predicted molar refractivity (Wildman–Crippen MR) is 123 cm³/mol. The van der Waals surface area contributed by atoms with E-state index >= 15 is 0 Å². The van der Waals surface area contributed by atoms with E-state index in [1.807, 2.05) is 54.6 Å². The lowest BCUT2D eigenvalue weighted by Crippen LogP contribution is -2.35. The first-order valence-electron chi connectivity index (χ1n) is 10.3. The second-order valence-corrected chi connectivity index (χ2v) is 7.08. The first kappa shape index (κ1) is 22.7. The lowest BCUT2D eigenvalue weighted by Gasteiger charge is -2.12. The Balaban J connectivity index is 1.61. The van der Waals surface area contributed by atoms with Crippen molar-refractivity contribution in [2.24, 2.45) is 0 Å². The van der Waals surface area contributed by atoms with Gasteiger partial charge in [0.1, 0.15) is 11.6 Å². The zero-order valence-corrected chi connectivity index (χ0v) is 17.8. The number of carbonyl (C=O) groups is 2. The Morgan fingerprint density at radius 3 is 2.25 bits per heavy atom. The minimum Gasteiger partial charge on any atom is -0.496 e. The van der Waals surface area contributed by atoms with Gasteiger partial charge >= 0.3 is 0 Å². The SMILES string of the molecule is COc1ccccc1/C=C(/C(=O)NCCNC(=O)Cc1ccc(F)cc1)c1ccccc1. The molecule has 3 aromatic carbocycles. The zero-order valence-electron chi connectivity index (χ0n) is 17.8. The van der Waals surface area contributed by atoms with Gasteiger partial charge in [0.05, 0.1) is 13.5 Å². The molecule has 32 heavy (non-hydrogen) atoms. The molecule has 3 rings (SSSR count). The number of hydrogen-bond donors (Lipinski definition) is 2. The van der Waals surface area contributed by atoms with Crippen LogP contribution in [-0.4, -0.2) is 32.0 Å². The fourth-order valence-electron chi connectivity index (χ4n) is 3.16. The molecule has 0 saturated heterocycles. The van der Waals surface area contributed by atoms with E-state index in [1.165, 1.54) is 12.1 Å². The Morgan fingerprint density at radius 2 is 1.53 bits per heavy atom. The molecule has 2 N–H and O–H groups in total. The summed E-state index contributed by atoms with van der Waals surface area (Å²) in [6.45, 7) is 0.548. The maximum absolute atomic E-state index is 13.0. The number of benzene rings is 3. The maximum Gasteiger partial charge on any atom is 0.251 e. The van der Waals surface area contributed by atoms with E-state index in [1.54, 1.807) is 25.3 Å². The fourth-order valence-corrected chi connectivity index (χ4v) is 3.16. The molecule has 0 heterocycles. The van der Waals surface area contributed by atoms with E-state index in [4.69, 9.17) is 4.74 Å². The number of carbonyl (C=O) groups excluding carboxylic acids is 2. The average molecular weight is 432 g/mol. The van der Waals surface area contributed by atoms with Gasteiger partial charge in [-0.05, 0) is 35.4 Å². The highest BCUT2D eigenvalue weighted by atomic mass is 19.1. The topological polar surface area (TPSA) is 67.4 Å². The van der Waals surface area contributed by atoms with Crippen LogP contribution in [0.5, 0.6) is 5.75 Å². The molecule has 0 bridgehead atoms. The van der Waals surface area contributed by atoms with Crippen LogP contribution in [0, 0.1) is 5.82 Å². The van der Waals surface area contributed by atoms with Crippen LogP contribution in [0.25, 0.3) is 11.6 Å². The van der Waals surface area contributed by atoms with Crippen molar-refractivity contribution in [2.75, 3.05) is 20.2 Å². The summed E-state index contributed by atoms with van der Waals surface area (Å²) in [5.74, 6) is -0.123. The molecule has 0 saturated carbocycles. The molecule has 0 radical (unpaired) electrons. The highest BCUT2D eigenvalue weighted by molar-refractivity contribution is 6.24. The van der Waals surface area contributed by atoms with E-state index in [0.29, 0.717) is 11.3 Å². The smallest absolute Gasteiger partial charge is 0.251 e. The first-order valence-corrected chi connectivity index (χ1v) is 10.3. The maximum atomic E-state index is 13.0. The average Bonchev–Trinajstić information content (AvgIpc) is 2.82. The van der Waals surface area contributed by atoms with Crippen LogP contribution < -0.4 is 15.4 Å². The summed E-state index contributed by atoms with van der Waals surface area (Å²) in [7, 11) is 1.59. The number of hydrogen-bond acceptors (Lipinski definition) is 3. The largest absolute Gasteiger partial charge is 0.496 e. The van der Waals surface area contributed by atoms with Gasteiger partial charge in [0, 0.05) is 24.2 Å². The highest BCUT2D eigenvalue weighted by Gasteiger charge is 2.13. The summed E-state index contributed by atoms with van der Waals surface area (Å²) in [6, 6.07) is 22.6. The van der Waals surface area contributed by atoms with Gasteiger partial charge < -0.3 is 15.4 Å². The van der Waals surface area contributed by atoms with Crippen LogP contribution in [-0.2, 0) is 16.0 Å². The van der Waals surface area contributed by atoms with E-state index in [9.17, 15) is 14.0 Å². The summed E-state index contributed by atoms with van der Waals surface area (Å²) in [5.41, 5.74) is 2.78. The number of para-hydroxylation sites is 1. The minimum atomic E-state index is -0.340. The van der Waals surface area contributed by atoms with E-state index < -0.39 is 0 Å². The van der Waals surface area contributed by atoms with E-state index in [2.05, 4.69) is 10.6 Å². The molecule has 3 aromatic rings. The minimum absolute atomic E-state index is 0.150. The normalized spacial score (nSPS) is 11.0. The molecular weight excluding hydrogens is 407 g/mol. The molecule has 0 aliphatic rings. The summed E-state index contributed by atoms with van der Waals surface area (Å²) in [6.07, 6.45) is 1.94. The summed E-state index contributed by atoms with van der Waals surface area (Å²) in [5, 5.41) is 5.61. The Labute approximate surface area is 186 Å². The number of amides is 2. The lowest BCUT2D eigenvalue weighted by atomic mass is 10.0. The Bertz CT molecular complexity index is 1080. The first-order chi connectivity index (χ1) is 15.6. The van der Waals surface area contributed by atoms with Gasteiger partial charge in [-0.3, -0.25) is 9.59 Å². The molecule has 0 atom stereocenters. The van der Waals surface area contributed by atoms with E-state index in [-0.39, 0.29) is 37.1 Å². The monoisotopic (exact) mass is 432 g/mol. The van der Waals surface area contributed by atoms with Crippen molar-refractivity contribution in [3.05, 3.63) is 101 Å². The molecule has 0 spiro atoms. The molecule has 0 fully saturated rings. The van der Waals surface area contributed by atoms with Gasteiger partial charge in [-0.25, -0.2) is 4.39 Å². The number of methoxy groups -OCH3 is 1. The molecule has 2 amide bonds. The summed E-state index contributed by atoms with van der Waals surface area (Å²) < 4.78 is 18.4. The molecule has 5 nitrogen and oxygen atoms in total. The number of ether oxygens (including phenoxy) is 1. The lowest BCUT2D eigenvalue weighted by molar-refractivity contribution is -0.121. The Hall–Kier alpha value is -3.93. The van der Waals surface area contributed by atoms with Crippen molar-refractivity contribution in [1.82, 2.24) is 10.6 Å². The summed E-state index contributed by atoms with van der Waals surface area (Å²) in [4.78, 5) is 25.0. The highest BCUT2D eigenvalue weighted by Crippen LogP contribution is 2.24. The predicted octanol–water partition coefficient (Wildman–Crippen LogP) is 3.85. The van der Waals surface area contributed by atoms with Gasteiger partial charge in [-0.2, -0.15) is 0 Å². The number of halogens is 1. The van der Waals surface area contributed by atoms with Crippen LogP contribution in [0.15, 0.2) is 78.9 Å². The third-order valence-corrected chi connectivity index (χ3v) is 4.78. The van der Waals surface area contributed by atoms with Crippen LogP contribution >= 0.6 is 0 Å². The molecular formula is C26H25FN2O3. The second kappa shape index (κ2) is 11.5. The molecule has 0 unspecified atom stereocenters. The molecule has 6 heteroatoms. The van der Waals surface area contributed by atoms with Crippen LogP contribution in [0.4, 0.5) is 4.39 Å². The van der Waals surface area contributed by atoms with Gasteiger partial charge in [-0.15, -0.1) is 0 Å². The standard InChI is InChI=1S/C26H25FN2O3/c1-32-24-10-6-5-9-21(24)18-23(20-7-3-2-4-8-20)26(31)29-16-15-28-25(30)17-19-11-13-22(27)14-12-19/h2-14,18H,15-17H2,1H3,(H,28,30)(H,29,31)/b23-18+. The Kier molecular flexibility index (Phi) is 8.15. The molecule has 0 aliphatic heterocycles. The third kappa shape index (κ3) is 6.54. The van der Waals surface area contributed by atoms with Crippen LogP contribution in [0.1, 0.15) is 16.7 Å².